The number of nitrogens with zero attached hydrogens (tertiary/aromatic N) is 1. The molecule has 17 heavy (non-hydrogen) atoms. The summed E-state index contributed by atoms with van der Waals surface area (Å²) in [5, 5.41) is 13.8. The molecule has 4 heteroatoms. The summed E-state index contributed by atoms with van der Waals surface area (Å²) in [4.78, 5) is 5.75. The molecule has 0 radical (unpaired) electrons. The van der Waals surface area contributed by atoms with Crippen molar-refractivity contribution in [3.63, 3.8) is 0 Å². The minimum Gasteiger partial charge on any atom is -0.396 e. The van der Waals surface area contributed by atoms with E-state index in [9.17, 15) is 5.11 Å². The smallest absolute Gasteiger partial charge is 0.0981 e. The predicted molar refractivity (Wildman–Crippen MR) is 71.3 cm³/mol. The molecule has 1 heterocycles. The van der Waals surface area contributed by atoms with Crippen LogP contribution < -0.4 is 5.32 Å². The van der Waals surface area contributed by atoms with Gasteiger partial charge in [0, 0.05) is 41.6 Å². The van der Waals surface area contributed by atoms with Gasteiger partial charge < -0.3 is 10.4 Å². The van der Waals surface area contributed by atoms with Crippen molar-refractivity contribution in [2.45, 2.75) is 45.6 Å². The Bertz CT molecular complexity index is 377. The second kappa shape index (κ2) is 4.67. The van der Waals surface area contributed by atoms with Crippen LogP contribution in [0.25, 0.3) is 0 Å². The maximum Gasteiger partial charge on any atom is 0.0981 e. The number of thiazole rings is 1. The van der Waals surface area contributed by atoms with E-state index >= 15 is 0 Å². The normalized spacial score (nSPS) is 18.4. The van der Waals surface area contributed by atoms with Crippen LogP contribution >= 0.6 is 11.3 Å². The van der Waals surface area contributed by atoms with Gasteiger partial charge in [0.15, 0.2) is 0 Å². The van der Waals surface area contributed by atoms with E-state index in [0.29, 0.717) is 6.61 Å². The Labute approximate surface area is 107 Å². The Kier molecular flexibility index (Phi) is 3.57. The van der Waals surface area contributed by atoms with Gasteiger partial charge in [-0.25, -0.2) is 4.98 Å². The lowest BCUT2D eigenvalue weighted by Gasteiger charge is -2.13. The first-order valence-corrected chi connectivity index (χ1v) is 7.04. The van der Waals surface area contributed by atoms with Crippen LogP contribution in [-0.2, 0) is 12.0 Å². The molecule has 1 aromatic heterocycles. The van der Waals surface area contributed by atoms with E-state index in [0.717, 1.165) is 25.9 Å². The molecule has 2 rings (SSSR count). The molecule has 0 spiro atoms. The summed E-state index contributed by atoms with van der Waals surface area (Å²) in [7, 11) is 0. The largest absolute Gasteiger partial charge is 0.396 e. The molecule has 1 fully saturated rings. The van der Waals surface area contributed by atoms with Crippen LogP contribution in [-0.4, -0.2) is 23.2 Å². The third-order valence-corrected chi connectivity index (χ3v) is 4.71. The topological polar surface area (TPSA) is 45.2 Å². The van der Waals surface area contributed by atoms with Crippen molar-refractivity contribution < 1.29 is 5.11 Å². The van der Waals surface area contributed by atoms with Gasteiger partial charge >= 0.3 is 0 Å². The third kappa shape index (κ3) is 3.27. The van der Waals surface area contributed by atoms with Crippen LogP contribution in [0.2, 0.25) is 0 Å². The predicted octanol–water partition coefficient (Wildman–Crippen LogP) is 2.30. The van der Waals surface area contributed by atoms with Crippen molar-refractivity contribution >= 4 is 11.3 Å². The molecule has 0 unspecified atom stereocenters. The van der Waals surface area contributed by atoms with E-state index in [-0.39, 0.29) is 10.8 Å². The SMILES string of the molecule is CC(C)(C)c1ncc(CNCC2(CO)CC2)s1. The Hall–Kier alpha value is -0.450. The van der Waals surface area contributed by atoms with Crippen molar-refractivity contribution in [3.05, 3.63) is 16.1 Å². The monoisotopic (exact) mass is 254 g/mol. The third-order valence-electron chi connectivity index (χ3n) is 3.29. The van der Waals surface area contributed by atoms with Gasteiger partial charge in [0.2, 0.25) is 0 Å². The fourth-order valence-corrected chi connectivity index (χ4v) is 2.69. The standard InChI is InChI=1S/C13H22N2OS/c1-12(2,3)11-15-7-10(17-11)6-14-8-13(9-16)4-5-13/h7,14,16H,4-6,8-9H2,1-3H3. The average molecular weight is 254 g/mol. The number of hydrogen-bond donors (Lipinski definition) is 2. The minimum absolute atomic E-state index is 0.145. The van der Waals surface area contributed by atoms with Gasteiger partial charge in [-0.15, -0.1) is 11.3 Å². The van der Waals surface area contributed by atoms with E-state index in [1.165, 1.54) is 9.88 Å². The lowest BCUT2D eigenvalue weighted by atomic mass is 9.98. The van der Waals surface area contributed by atoms with Crippen LogP contribution in [0.1, 0.15) is 43.5 Å². The van der Waals surface area contributed by atoms with Gasteiger partial charge in [-0.05, 0) is 12.8 Å². The number of hydrogen-bond acceptors (Lipinski definition) is 4. The molecule has 0 bridgehead atoms. The van der Waals surface area contributed by atoms with E-state index in [2.05, 4.69) is 31.1 Å². The van der Waals surface area contributed by atoms with Gasteiger partial charge in [0.05, 0.1) is 5.01 Å². The maximum atomic E-state index is 9.21. The van der Waals surface area contributed by atoms with E-state index in [1.54, 1.807) is 11.3 Å². The zero-order valence-electron chi connectivity index (χ0n) is 10.9. The van der Waals surface area contributed by atoms with Crippen LogP contribution in [0.15, 0.2) is 6.20 Å². The van der Waals surface area contributed by atoms with E-state index in [1.807, 2.05) is 6.20 Å². The average Bonchev–Trinajstić information content (AvgIpc) is 2.86. The molecule has 2 N–H and O–H groups in total. The molecular weight excluding hydrogens is 232 g/mol. The number of rotatable bonds is 5. The van der Waals surface area contributed by atoms with E-state index in [4.69, 9.17) is 0 Å². The molecule has 0 aliphatic heterocycles. The Morgan fingerprint density at radius 1 is 1.47 bits per heavy atom. The quantitative estimate of drug-likeness (QED) is 0.847. The summed E-state index contributed by atoms with van der Waals surface area (Å²) in [6.07, 6.45) is 4.29. The Morgan fingerprint density at radius 2 is 2.18 bits per heavy atom. The number of aliphatic hydroxyl groups excluding tert-OH is 1. The molecule has 1 aliphatic rings. The summed E-state index contributed by atoms with van der Waals surface area (Å²) in [6.45, 7) is 8.67. The molecule has 0 saturated heterocycles. The summed E-state index contributed by atoms with van der Waals surface area (Å²) in [6, 6.07) is 0. The molecule has 1 aromatic rings. The summed E-state index contributed by atoms with van der Waals surface area (Å²) in [5.41, 5.74) is 0.337. The molecule has 1 aliphatic carbocycles. The van der Waals surface area contributed by atoms with Crippen LogP contribution in [0, 0.1) is 5.41 Å². The molecular formula is C13H22N2OS. The summed E-state index contributed by atoms with van der Waals surface area (Å²) < 4.78 is 0. The number of aromatic nitrogens is 1. The highest BCUT2D eigenvalue weighted by Gasteiger charge is 2.41. The minimum atomic E-state index is 0.145. The molecule has 1 saturated carbocycles. The van der Waals surface area contributed by atoms with Crippen molar-refractivity contribution in [3.8, 4) is 0 Å². The summed E-state index contributed by atoms with van der Waals surface area (Å²) in [5.74, 6) is 0. The molecule has 3 nitrogen and oxygen atoms in total. The Balaban J connectivity index is 1.81. The highest BCUT2D eigenvalue weighted by atomic mass is 32.1. The van der Waals surface area contributed by atoms with Crippen molar-refractivity contribution in [2.24, 2.45) is 5.41 Å². The first kappa shape index (κ1) is 13.0. The number of aliphatic hydroxyl groups is 1. The fourth-order valence-electron chi connectivity index (χ4n) is 1.75. The van der Waals surface area contributed by atoms with Crippen LogP contribution in [0.3, 0.4) is 0 Å². The zero-order chi connectivity index (χ0) is 12.5. The highest BCUT2D eigenvalue weighted by Crippen LogP contribution is 2.44. The van der Waals surface area contributed by atoms with Crippen molar-refractivity contribution in [2.75, 3.05) is 13.2 Å². The van der Waals surface area contributed by atoms with Crippen LogP contribution in [0.4, 0.5) is 0 Å². The molecule has 0 amide bonds. The Morgan fingerprint density at radius 3 is 2.65 bits per heavy atom. The molecule has 0 aromatic carbocycles. The van der Waals surface area contributed by atoms with Gasteiger partial charge in [-0.2, -0.15) is 0 Å². The van der Waals surface area contributed by atoms with Gasteiger partial charge in [0.25, 0.3) is 0 Å². The number of nitrogens with one attached hydrogen (secondary N) is 1. The second-order valence-corrected chi connectivity index (χ2v) is 7.26. The van der Waals surface area contributed by atoms with Crippen molar-refractivity contribution in [1.29, 1.82) is 0 Å². The second-order valence-electron chi connectivity index (χ2n) is 6.14. The lowest BCUT2D eigenvalue weighted by molar-refractivity contribution is 0.207. The van der Waals surface area contributed by atoms with Gasteiger partial charge in [-0.1, -0.05) is 20.8 Å². The fraction of sp³-hybridized carbons (Fsp3) is 0.769. The van der Waals surface area contributed by atoms with E-state index < -0.39 is 0 Å². The zero-order valence-corrected chi connectivity index (χ0v) is 11.7. The van der Waals surface area contributed by atoms with Gasteiger partial charge in [-0.3, -0.25) is 0 Å². The molecule has 0 atom stereocenters. The highest BCUT2D eigenvalue weighted by molar-refractivity contribution is 7.11. The van der Waals surface area contributed by atoms with Crippen molar-refractivity contribution in [1.82, 2.24) is 10.3 Å². The maximum absolute atomic E-state index is 9.21. The van der Waals surface area contributed by atoms with Crippen LogP contribution in [0.5, 0.6) is 0 Å². The first-order chi connectivity index (χ1) is 7.95. The summed E-state index contributed by atoms with van der Waals surface area (Å²) >= 11 is 1.78. The van der Waals surface area contributed by atoms with Gasteiger partial charge in [0.1, 0.15) is 0 Å². The lowest BCUT2D eigenvalue weighted by Crippen LogP contribution is -2.25. The molecule has 96 valence electrons. The first-order valence-electron chi connectivity index (χ1n) is 6.22.